The number of amides is 2. The number of carbonyl (C=O) groups excluding carboxylic acids is 2. The van der Waals surface area contributed by atoms with Crippen molar-refractivity contribution < 1.29 is 9.59 Å². The number of rotatable bonds is 7. The second-order valence-corrected chi connectivity index (χ2v) is 5.97. The summed E-state index contributed by atoms with van der Waals surface area (Å²) < 4.78 is 0. The molecule has 136 valence electrons. The SMILES string of the molecule is O=C(NCc1cccnc1)c1ccnc(C(=O)NCCc2ccccc2)c1. The molecule has 3 rings (SSSR count). The van der Waals surface area contributed by atoms with Gasteiger partial charge >= 0.3 is 0 Å². The predicted molar refractivity (Wildman–Crippen MR) is 102 cm³/mol. The first kappa shape index (κ1) is 18.3. The normalized spacial score (nSPS) is 10.2. The maximum absolute atomic E-state index is 12.3. The molecule has 0 fully saturated rings. The van der Waals surface area contributed by atoms with Crippen molar-refractivity contribution in [2.24, 2.45) is 0 Å². The van der Waals surface area contributed by atoms with Gasteiger partial charge in [0.15, 0.2) is 0 Å². The fourth-order valence-electron chi connectivity index (χ4n) is 2.54. The van der Waals surface area contributed by atoms with Crippen LogP contribution in [0, 0.1) is 0 Å². The van der Waals surface area contributed by atoms with Gasteiger partial charge in [-0.25, -0.2) is 0 Å². The first-order valence-electron chi connectivity index (χ1n) is 8.67. The van der Waals surface area contributed by atoms with Crippen LogP contribution in [0.4, 0.5) is 0 Å². The summed E-state index contributed by atoms with van der Waals surface area (Å²) in [6.45, 7) is 0.871. The largest absolute Gasteiger partial charge is 0.350 e. The number of hydrogen-bond acceptors (Lipinski definition) is 4. The van der Waals surface area contributed by atoms with Crippen LogP contribution in [-0.4, -0.2) is 28.3 Å². The lowest BCUT2D eigenvalue weighted by Gasteiger charge is -2.07. The summed E-state index contributed by atoms with van der Waals surface area (Å²) in [5.41, 5.74) is 2.66. The zero-order valence-corrected chi connectivity index (χ0v) is 14.8. The Morgan fingerprint density at radius 1 is 0.852 bits per heavy atom. The molecule has 6 nitrogen and oxygen atoms in total. The molecule has 0 aliphatic heterocycles. The summed E-state index contributed by atoms with van der Waals surface area (Å²) in [5.74, 6) is -0.563. The monoisotopic (exact) mass is 360 g/mol. The first-order chi connectivity index (χ1) is 13.2. The molecule has 2 N–H and O–H groups in total. The molecule has 2 aromatic heterocycles. The van der Waals surface area contributed by atoms with Gasteiger partial charge in [-0.15, -0.1) is 0 Å². The smallest absolute Gasteiger partial charge is 0.269 e. The van der Waals surface area contributed by atoms with Crippen LogP contribution >= 0.6 is 0 Å². The Morgan fingerprint density at radius 2 is 1.67 bits per heavy atom. The maximum Gasteiger partial charge on any atom is 0.269 e. The number of nitrogens with one attached hydrogen (secondary N) is 2. The van der Waals surface area contributed by atoms with E-state index < -0.39 is 0 Å². The molecular formula is C21H20N4O2. The van der Waals surface area contributed by atoms with E-state index in [1.165, 1.54) is 12.3 Å². The molecule has 27 heavy (non-hydrogen) atoms. The van der Waals surface area contributed by atoms with Gasteiger partial charge in [0.25, 0.3) is 11.8 Å². The van der Waals surface area contributed by atoms with Crippen LogP contribution in [0.15, 0.2) is 73.2 Å². The van der Waals surface area contributed by atoms with E-state index in [2.05, 4.69) is 20.6 Å². The third-order valence-corrected chi connectivity index (χ3v) is 3.97. The molecule has 0 unspecified atom stereocenters. The van der Waals surface area contributed by atoms with Crippen molar-refractivity contribution in [2.75, 3.05) is 6.54 Å². The summed E-state index contributed by atoms with van der Waals surface area (Å²) in [4.78, 5) is 32.6. The highest BCUT2D eigenvalue weighted by Gasteiger charge is 2.11. The lowest BCUT2D eigenvalue weighted by Crippen LogP contribution is -2.27. The van der Waals surface area contributed by atoms with Gasteiger partial charge in [0.05, 0.1) is 0 Å². The Balaban J connectivity index is 1.54. The minimum absolute atomic E-state index is 0.220. The summed E-state index contributed by atoms with van der Waals surface area (Å²) in [5, 5.41) is 5.64. The van der Waals surface area contributed by atoms with E-state index >= 15 is 0 Å². The average molecular weight is 360 g/mol. The Labute approximate surface area is 157 Å². The molecule has 1 aromatic carbocycles. The number of pyridine rings is 2. The van der Waals surface area contributed by atoms with Gasteiger partial charge in [-0.1, -0.05) is 36.4 Å². The molecule has 0 spiro atoms. The van der Waals surface area contributed by atoms with E-state index in [0.717, 1.165) is 17.5 Å². The minimum atomic E-state index is -0.298. The lowest BCUT2D eigenvalue weighted by atomic mass is 10.1. The Hall–Kier alpha value is -3.54. The zero-order chi connectivity index (χ0) is 18.9. The molecule has 0 aliphatic carbocycles. The molecule has 2 heterocycles. The highest BCUT2D eigenvalue weighted by atomic mass is 16.2. The average Bonchev–Trinajstić information content (AvgIpc) is 2.73. The molecule has 0 atom stereocenters. The molecule has 2 amide bonds. The van der Waals surface area contributed by atoms with Crippen molar-refractivity contribution in [3.8, 4) is 0 Å². The molecule has 0 saturated heterocycles. The van der Waals surface area contributed by atoms with Gasteiger partial charge in [-0.2, -0.15) is 0 Å². The van der Waals surface area contributed by atoms with E-state index in [-0.39, 0.29) is 17.5 Å². The maximum atomic E-state index is 12.3. The van der Waals surface area contributed by atoms with Crippen molar-refractivity contribution in [3.63, 3.8) is 0 Å². The van der Waals surface area contributed by atoms with E-state index in [9.17, 15) is 9.59 Å². The third-order valence-electron chi connectivity index (χ3n) is 3.97. The highest BCUT2D eigenvalue weighted by molar-refractivity contribution is 5.98. The molecule has 0 radical (unpaired) electrons. The fourth-order valence-corrected chi connectivity index (χ4v) is 2.54. The van der Waals surface area contributed by atoms with Crippen LogP contribution in [0.2, 0.25) is 0 Å². The standard InChI is InChI=1S/C21H20N4O2/c26-20(25-15-17-7-4-10-22-14-17)18-9-12-23-19(13-18)21(27)24-11-8-16-5-2-1-3-6-16/h1-7,9-10,12-14H,8,11,15H2,(H,24,27)(H,25,26). The van der Waals surface area contributed by atoms with Gasteiger partial charge in [0, 0.05) is 37.2 Å². The minimum Gasteiger partial charge on any atom is -0.350 e. The number of hydrogen-bond donors (Lipinski definition) is 2. The quantitative estimate of drug-likeness (QED) is 0.678. The van der Waals surface area contributed by atoms with Gasteiger partial charge in [-0.3, -0.25) is 19.6 Å². The summed E-state index contributed by atoms with van der Waals surface area (Å²) in [7, 11) is 0. The topological polar surface area (TPSA) is 84.0 Å². The molecule has 0 bridgehead atoms. The number of carbonyl (C=O) groups is 2. The lowest BCUT2D eigenvalue weighted by molar-refractivity contribution is 0.0949. The van der Waals surface area contributed by atoms with Gasteiger partial charge in [0.1, 0.15) is 5.69 Å². The summed E-state index contributed by atoms with van der Waals surface area (Å²) in [6.07, 6.45) is 5.57. The predicted octanol–water partition coefficient (Wildman–Crippen LogP) is 2.38. The second-order valence-electron chi connectivity index (χ2n) is 5.97. The molecule has 6 heteroatoms. The van der Waals surface area contributed by atoms with Crippen molar-refractivity contribution in [2.45, 2.75) is 13.0 Å². The van der Waals surface area contributed by atoms with Gasteiger partial charge in [-0.05, 0) is 35.7 Å². The van der Waals surface area contributed by atoms with Crippen LogP contribution < -0.4 is 10.6 Å². The van der Waals surface area contributed by atoms with Gasteiger partial charge < -0.3 is 10.6 Å². The van der Waals surface area contributed by atoms with E-state index in [4.69, 9.17) is 0 Å². The Bertz CT molecular complexity index is 898. The zero-order valence-electron chi connectivity index (χ0n) is 14.8. The van der Waals surface area contributed by atoms with Crippen LogP contribution in [0.3, 0.4) is 0 Å². The van der Waals surface area contributed by atoms with E-state index in [1.807, 2.05) is 42.5 Å². The molecule has 0 aliphatic rings. The molecular weight excluding hydrogens is 340 g/mol. The number of aromatic nitrogens is 2. The van der Waals surface area contributed by atoms with E-state index in [1.54, 1.807) is 18.5 Å². The van der Waals surface area contributed by atoms with Crippen molar-refractivity contribution in [3.05, 3.63) is 95.6 Å². The molecule has 3 aromatic rings. The second kappa shape index (κ2) is 9.24. The summed E-state index contributed by atoms with van der Waals surface area (Å²) in [6, 6.07) is 16.7. The van der Waals surface area contributed by atoms with Gasteiger partial charge in [0.2, 0.25) is 0 Å². The van der Waals surface area contributed by atoms with E-state index in [0.29, 0.717) is 18.7 Å². The fraction of sp³-hybridized carbons (Fsp3) is 0.143. The van der Waals surface area contributed by atoms with Crippen molar-refractivity contribution >= 4 is 11.8 Å². The first-order valence-corrected chi connectivity index (χ1v) is 8.67. The van der Waals surface area contributed by atoms with Crippen molar-refractivity contribution in [1.29, 1.82) is 0 Å². The number of benzene rings is 1. The Morgan fingerprint density at radius 3 is 2.44 bits per heavy atom. The highest BCUT2D eigenvalue weighted by Crippen LogP contribution is 2.04. The molecule has 0 saturated carbocycles. The number of nitrogens with zero attached hydrogens (tertiary/aromatic N) is 2. The van der Waals surface area contributed by atoms with Crippen LogP contribution in [0.25, 0.3) is 0 Å². The summed E-state index contributed by atoms with van der Waals surface area (Å²) >= 11 is 0. The van der Waals surface area contributed by atoms with Crippen molar-refractivity contribution in [1.82, 2.24) is 20.6 Å². The van der Waals surface area contributed by atoms with Crippen LogP contribution in [-0.2, 0) is 13.0 Å². The van der Waals surface area contributed by atoms with Crippen LogP contribution in [0.5, 0.6) is 0 Å². The Kier molecular flexibility index (Phi) is 6.25. The third kappa shape index (κ3) is 5.47. The van der Waals surface area contributed by atoms with Crippen LogP contribution in [0.1, 0.15) is 32.0 Å².